The number of urea groups is 1. The highest BCUT2D eigenvalue weighted by Crippen LogP contribution is 2.38. The second-order valence-corrected chi connectivity index (χ2v) is 18.9. The molecule has 2 amide bonds. The fraction of sp³-hybridized carbons (Fsp3) is 0.474. The van der Waals surface area contributed by atoms with Crippen molar-refractivity contribution >= 4 is 66.7 Å². The maximum atomic E-state index is 12.7. The number of aryl methyl sites for hydroxylation is 2. The normalized spacial score (nSPS) is 13.6. The molecule has 0 radical (unpaired) electrons. The lowest BCUT2D eigenvalue weighted by atomic mass is 9.92. The number of carbonyl (C=O) groups excluding carboxylic acids is 2. The van der Waals surface area contributed by atoms with Gasteiger partial charge in [-0.25, -0.2) is 45.6 Å². The van der Waals surface area contributed by atoms with Crippen molar-refractivity contribution in [1.82, 2.24) is 24.3 Å². The van der Waals surface area contributed by atoms with E-state index < -0.39 is 26.1 Å². The Balaban J connectivity index is 0.000000215. The maximum Gasteiger partial charge on any atom is 0.333 e. The van der Waals surface area contributed by atoms with Gasteiger partial charge in [0.1, 0.15) is 0 Å². The van der Waals surface area contributed by atoms with E-state index in [1.165, 1.54) is 21.8 Å². The monoisotopic (exact) mass is 880 g/mol. The maximum absolute atomic E-state index is 12.7. The predicted molar refractivity (Wildman–Crippen MR) is 222 cm³/mol. The zero-order valence-corrected chi connectivity index (χ0v) is 36.8. The van der Waals surface area contributed by atoms with Crippen LogP contribution >= 0.6 is 23.2 Å². The van der Waals surface area contributed by atoms with Crippen LogP contribution in [0.15, 0.2) is 51.4 Å². The number of carbonyl (C=O) groups is 1. The quantitative estimate of drug-likeness (QED) is 0.109. The number of nitrogens with zero attached hydrogens (tertiary/aromatic N) is 5. The number of isocyanates is 1. The van der Waals surface area contributed by atoms with Gasteiger partial charge in [-0.2, -0.15) is 15.2 Å². The van der Waals surface area contributed by atoms with Gasteiger partial charge in [-0.3, -0.25) is 0 Å². The van der Waals surface area contributed by atoms with Crippen LogP contribution in [0.1, 0.15) is 114 Å². The second kappa shape index (κ2) is 19.5. The number of nitrogens with one attached hydrogen (secondary N) is 2. The molecular formula is C38H50Cl2N8O8S2. The van der Waals surface area contributed by atoms with Gasteiger partial charge in [0.05, 0.1) is 31.3 Å². The van der Waals surface area contributed by atoms with Crippen molar-refractivity contribution < 1.29 is 35.9 Å². The summed E-state index contributed by atoms with van der Waals surface area (Å²) in [6.45, 7) is 18.3. The van der Waals surface area contributed by atoms with Crippen LogP contribution in [0.3, 0.4) is 0 Å². The number of primary sulfonamides is 1. The van der Waals surface area contributed by atoms with Gasteiger partial charge in [0.15, 0.2) is 9.79 Å². The summed E-state index contributed by atoms with van der Waals surface area (Å²) in [5.41, 5.74) is 4.96. The first-order valence-corrected chi connectivity index (χ1v) is 22.4. The minimum absolute atomic E-state index is 0.0350. The van der Waals surface area contributed by atoms with Gasteiger partial charge < -0.3 is 14.8 Å². The Morgan fingerprint density at radius 1 is 0.759 bits per heavy atom. The molecule has 0 saturated carbocycles. The van der Waals surface area contributed by atoms with E-state index in [9.17, 15) is 26.4 Å². The molecule has 0 saturated heterocycles. The summed E-state index contributed by atoms with van der Waals surface area (Å²) in [6.07, 6.45) is 5.61. The number of benzene rings is 2. The van der Waals surface area contributed by atoms with Gasteiger partial charge in [0, 0.05) is 41.7 Å². The highest BCUT2D eigenvalue weighted by atomic mass is 35.5. The van der Waals surface area contributed by atoms with Gasteiger partial charge in [-0.15, -0.1) is 0 Å². The molecule has 0 aliphatic carbocycles. The molecule has 4 heterocycles. The van der Waals surface area contributed by atoms with Crippen molar-refractivity contribution in [3.05, 3.63) is 69.0 Å². The van der Waals surface area contributed by atoms with Crippen molar-refractivity contribution in [1.29, 1.82) is 0 Å². The molecule has 0 atom stereocenters. The first-order chi connectivity index (χ1) is 27.2. The summed E-state index contributed by atoms with van der Waals surface area (Å²) in [7, 11) is -7.86. The number of halogens is 2. The number of rotatable bonds is 9. The number of fused-ring (bicyclic) bond motifs is 2. The molecule has 0 spiro atoms. The molecule has 2 aromatic heterocycles. The number of ether oxygens (including phenoxy) is 2. The van der Waals surface area contributed by atoms with E-state index in [4.69, 9.17) is 37.8 Å². The molecule has 20 heteroatoms. The zero-order chi connectivity index (χ0) is 43.1. The number of aliphatic imine (C=N–C) groups is 1. The van der Waals surface area contributed by atoms with E-state index in [0.29, 0.717) is 42.0 Å². The lowest BCUT2D eigenvalue weighted by Gasteiger charge is -2.21. The van der Waals surface area contributed by atoms with Gasteiger partial charge in [-0.05, 0) is 70.2 Å². The van der Waals surface area contributed by atoms with Crippen LogP contribution in [0.2, 0.25) is 10.0 Å². The Kier molecular flexibility index (Phi) is 15.6. The molecule has 0 fully saturated rings. The summed E-state index contributed by atoms with van der Waals surface area (Å²) in [4.78, 5) is 26.7. The number of anilines is 1. The molecule has 316 valence electrons. The van der Waals surface area contributed by atoms with Crippen LogP contribution in [-0.4, -0.2) is 61.7 Å². The fourth-order valence-electron chi connectivity index (χ4n) is 6.19. The first-order valence-electron chi connectivity index (χ1n) is 18.6. The Labute approximate surface area is 349 Å². The average Bonchev–Trinajstić information content (AvgIpc) is 3.79. The minimum atomic E-state index is -4.15. The Bertz CT molecular complexity index is 2330. The fourth-order valence-corrected chi connectivity index (χ4v) is 8.24. The van der Waals surface area contributed by atoms with Crippen molar-refractivity contribution in [3.63, 3.8) is 0 Å². The van der Waals surface area contributed by atoms with Gasteiger partial charge in [-0.1, -0.05) is 78.6 Å². The van der Waals surface area contributed by atoms with Crippen LogP contribution < -0.4 is 24.7 Å². The number of hydrogen-bond acceptors (Lipinski definition) is 11. The highest BCUT2D eigenvalue weighted by molar-refractivity contribution is 7.90. The van der Waals surface area contributed by atoms with Gasteiger partial charge in [0.25, 0.3) is 10.0 Å². The van der Waals surface area contributed by atoms with E-state index in [2.05, 4.69) is 52.9 Å². The third-order valence-electron chi connectivity index (χ3n) is 9.03. The van der Waals surface area contributed by atoms with Crippen molar-refractivity contribution in [2.45, 2.75) is 115 Å². The summed E-state index contributed by atoms with van der Waals surface area (Å²) in [5, 5.41) is 16.8. The second-order valence-electron chi connectivity index (χ2n) is 14.8. The predicted octanol–water partition coefficient (Wildman–Crippen LogP) is 7.94. The Hall–Kier alpha value is -4.45. The third kappa shape index (κ3) is 11.4. The molecule has 2 aliphatic heterocycles. The molecule has 4 aromatic rings. The highest BCUT2D eigenvalue weighted by Gasteiger charge is 2.29. The smallest absolute Gasteiger partial charge is 0.333 e. The third-order valence-corrected chi connectivity index (χ3v) is 11.7. The number of hydrogen-bond donors (Lipinski definition) is 3. The average molecular weight is 882 g/mol. The lowest BCUT2D eigenvalue weighted by molar-refractivity contribution is 0.224. The molecule has 0 unspecified atom stereocenters. The summed E-state index contributed by atoms with van der Waals surface area (Å²) in [5.74, 6) is 1.12. The van der Waals surface area contributed by atoms with Crippen LogP contribution in [0.5, 0.6) is 11.8 Å². The topological polar surface area (TPSA) is 219 Å². The molecule has 2 aliphatic rings. The minimum Gasteiger partial charge on any atom is -0.477 e. The SMILES string of the molecule is CC(C)c1cc(Cl)cc(C(C)C)c1N=C=O.CC(C)c1cc(Cl)cc(C(C)C)c1NC(=O)NS(=O)(=O)c1cnn2c1OCCC2.NS(=O)(=O)c1cnn2c1OCCC2. The molecule has 2 aromatic carbocycles. The van der Waals surface area contributed by atoms with Crippen LogP contribution in [0.4, 0.5) is 16.2 Å². The van der Waals surface area contributed by atoms with Crippen LogP contribution in [0.25, 0.3) is 0 Å². The van der Waals surface area contributed by atoms with E-state index in [0.717, 1.165) is 40.8 Å². The summed E-state index contributed by atoms with van der Waals surface area (Å²) in [6, 6.07) is 6.45. The van der Waals surface area contributed by atoms with E-state index >= 15 is 0 Å². The van der Waals surface area contributed by atoms with E-state index in [1.54, 1.807) is 18.2 Å². The standard InChI is InChI=1S/C19H25ClN4O4S.C13H16ClNO.C6H9N3O3S/c1-11(2)14-8-13(20)9-15(12(3)4)17(14)22-19(25)23-29(26,27)16-10-21-24-6-5-7-28-18(16)24;1-8(2)11-5-10(14)6-12(9(3)4)13(11)15-7-16;7-13(10,11)5-4-8-9-2-1-3-12-6(5)9/h8-12H,5-7H2,1-4H3,(H2,22,23,25);5-6,8-9H,1-4H3;4H,1-3H2,(H2,7,10,11). The van der Waals surface area contributed by atoms with Crippen molar-refractivity contribution in [2.24, 2.45) is 10.1 Å². The molecular weight excluding hydrogens is 832 g/mol. The summed E-state index contributed by atoms with van der Waals surface area (Å²) < 4.78 is 63.1. The molecule has 0 bridgehead atoms. The number of nitrogens with two attached hydrogens (primary N) is 1. The number of amides is 2. The van der Waals surface area contributed by atoms with Crippen LogP contribution in [-0.2, 0) is 37.9 Å². The Morgan fingerprint density at radius 3 is 1.59 bits per heavy atom. The number of sulfonamides is 2. The molecule has 6 rings (SSSR count). The molecule has 4 N–H and O–H groups in total. The van der Waals surface area contributed by atoms with E-state index in [1.807, 2.05) is 39.8 Å². The van der Waals surface area contributed by atoms with Crippen molar-refractivity contribution in [2.75, 3.05) is 18.5 Å². The number of aromatic nitrogens is 4. The van der Waals surface area contributed by atoms with Gasteiger partial charge >= 0.3 is 6.03 Å². The first kappa shape index (κ1) is 46.2. The van der Waals surface area contributed by atoms with Crippen molar-refractivity contribution in [3.8, 4) is 11.8 Å². The largest absolute Gasteiger partial charge is 0.477 e. The molecule has 58 heavy (non-hydrogen) atoms. The zero-order valence-electron chi connectivity index (χ0n) is 33.7. The molecule has 16 nitrogen and oxygen atoms in total. The van der Waals surface area contributed by atoms with E-state index in [-0.39, 0.29) is 45.2 Å². The van der Waals surface area contributed by atoms with Gasteiger partial charge in [0.2, 0.25) is 27.9 Å². The van der Waals surface area contributed by atoms with Crippen LogP contribution in [0, 0.1) is 0 Å². The lowest BCUT2D eigenvalue weighted by Crippen LogP contribution is -2.35. The Morgan fingerprint density at radius 2 is 1.17 bits per heavy atom. The summed E-state index contributed by atoms with van der Waals surface area (Å²) >= 11 is 12.3.